The minimum Gasteiger partial charge on any atom is -0.349 e. The average Bonchev–Trinajstić information content (AvgIpc) is 3.24. The highest BCUT2D eigenvalue weighted by atomic mass is 127. The normalized spacial score (nSPS) is 15.2. The molecule has 11 heteroatoms. The number of aryl methyl sites for hydroxylation is 2. The van der Waals surface area contributed by atoms with E-state index in [4.69, 9.17) is 0 Å². The molecule has 0 bridgehead atoms. The van der Waals surface area contributed by atoms with Crippen LogP contribution in [0.1, 0.15) is 12.7 Å². The fraction of sp³-hybridized carbons (Fsp3) is 0.533. The van der Waals surface area contributed by atoms with E-state index < -0.39 is 0 Å². The first-order chi connectivity index (χ1) is 12.1. The maximum absolute atomic E-state index is 12.5. The van der Waals surface area contributed by atoms with Crippen LogP contribution < -0.4 is 10.2 Å². The zero-order chi connectivity index (χ0) is 17.8. The molecule has 0 radical (unpaired) electrons. The Morgan fingerprint density at radius 2 is 2.19 bits per heavy atom. The average molecular weight is 473 g/mol. The Bertz CT molecular complexity index is 769. The number of halogens is 1. The Kier molecular flexibility index (Phi) is 6.94. The fourth-order valence-electron chi connectivity index (χ4n) is 2.85. The molecule has 0 saturated carbocycles. The summed E-state index contributed by atoms with van der Waals surface area (Å²) in [7, 11) is 3.55. The van der Waals surface area contributed by atoms with Gasteiger partial charge in [0.05, 0.1) is 18.4 Å². The lowest BCUT2D eigenvalue weighted by atomic mass is 10.3. The van der Waals surface area contributed by atoms with Crippen molar-refractivity contribution in [3.63, 3.8) is 0 Å². The Labute approximate surface area is 169 Å². The number of hydrogen-bond donors (Lipinski definition) is 1. The third-order valence-electron chi connectivity index (χ3n) is 4.18. The summed E-state index contributed by atoms with van der Waals surface area (Å²) in [5.74, 6) is 1.55. The highest BCUT2D eigenvalue weighted by molar-refractivity contribution is 14.0. The summed E-state index contributed by atoms with van der Waals surface area (Å²) >= 11 is 0. The molecule has 2 aromatic heterocycles. The lowest BCUT2D eigenvalue weighted by Gasteiger charge is -2.35. The summed E-state index contributed by atoms with van der Waals surface area (Å²) in [6.07, 6.45) is 5.26. The van der Waals surface area contributed by atoms with E-state index in [0.717, 1.165) is 18.1 Å². The minimum atomic E-state index is 0. The van der Waals surface area contributed by atoms with Crippen molar-refractivity contribution in [1.82, 2.24) is 34.8 Å². The molecular formula is C15H24IN9O. The van der Waals surface area contributed by atoms with Gasteiger partial charge in [-0.15, -0.1) is 34.2 Å². The molecule has 26 heavy (non-hydrogen) atoms. The molecule has 2 aromatic rings. The number of rotatable bonds is 4. The number of carbonyl (C=O) groups excluding carboxylic acids is 1. The molecule has 1 saturated heterocycles. The lowest BCUT2D eigenvalue weighted by Crippen LogP contribution is -2.55. The zero-order valence-electron chi connectivity index (χ0n) is 15.2. The molecule has 142 valence electrons. The number of carbonyl (C=O) groups is 1. The summed E-state index contributed by atoms with van der Waals surface area (Å²) in [5.41, 5.74) is 0.825. The van der Waals surface area contributed by atoms with Crippen LogP contribution in [0.15, 0.2) is 23.7 Å². The van der Waals surface area contributed by atoms with Gasteiger partial charge in [-0.1, -0.05) is 0 Å². The van der Waals surface area contributed by atoms with Crippen molar-refractivity contribution in [3.8, 4) is 0 Å². The smallest absolute Gasteiger partial charge is 0.246 e. The summed E-state index contributed by atoms with van der Waals surface area (Å²) in [6, 6.07) is 0. The van der Waals surface area contributed by atoms with Crippen molar-refractivity contribution in [1.29, 1.82) is 0 Å². The Morgan fingerprint density at radius 3 is 2.81 bits per heavy atom. The van der Waals surface area contributed by atoms with Gasteiger partial charge in [-0.2, -0.15) is 5.10 Å². The number of piperazine rings is 1. The topological polar surface area (TPSA) is 96.5 Å². The van der Waals surface area contributed by atoms with Gasteiger partial charge in [0.15, 0.2) is 11.8 Å². The standard InChI is InChI=1S/C15H23N9O.HI/c1-4-22-11-18-20-13(22)8-17-15(16-2)23-5-6-24(14(25)10-23)12-7-19-21(3)9-12;/h7,9,11H,4-6,8,10H2,1-3H3,(H,16,17);1H. The third-order valence-corrected chi connectivity index (χ3v) is 4.18. The maximum Gasteiger partial charge on any atom is 0.246 e. The Hall–Kier alpha value is -2.18. The molecule has 0 spiro atoms. The SMILES string of the molecule is CCn1cnnc1CNC(=NC)N1CCN(c2cnn(C)c2)C(=O)C1.I. The molecule has 0 aromatic carbocycles. The van der Waals surface area contributed by atoms with Crippen molar-refractivity contribution in [2.75, 3.05) is 31.6 Å². The molecule has 1 fully saturated rings. The number of nitrogens with zero attached hydrogens (tertiary/aromatic N) is 8. The predicted octanol–water partition coefficient (Wildman–Crippen LogP) is 0.0737. The number of aromatic nitrogens is 5. The van der Waals surface area contributed by atoms with E-state index in [1.807, 2.05) is 29.6 Å². The molecule has 10 nitrogen and oxygen atoms in total. The van der Waals surface area contributed by atoms with E-state index in [0.29, 0.717) is 25.6 Å². The zero-order valence-corrected chi connectivity index (χ0v) is 17.5. The summed E-state index contributed by atoms with van der Waals surface area (Å²) in [4.78, 5) is 20.5. The summed E-state index contributed by atoms with van der Waals surface area (Å²) in [6.45, 7) is 4.92. The van der Waals surface area contributed by atoms with E-state index in [1.54, 1.807) is 29.2 Å². The van der Waals surface area contributed by atoms with Crippen LogP contribution in [0.4, 0.5) is 5.69 Å². The van der Waals surface area contributed by atoms with Gasteiger partial charge in [-0.25, -0.2) is 0 Å². The van der Waals surface area contributed by atoms with Crippen molar-refractivity contribution < 1.29 is 4.79 Å². The summed E-state index contributed by atoms with van der Waals surface area (Å²) < 4.78 is 3.66. The van der Waals surface area contributed by atoms with E-state index in [1.165, 1.54) is 0 Å². The van der Waals surface area contributed by atoms with Gasteiger partial charge in [-0.05, 0) is 6.92 Å². The maximum atomic E-state index is 12.5. The van der Waals surface area contributed by atoms with Gasteiger partial charge in [0.2, 0.25) is 5.91 Å². The second-order valence-electron chi connectivity index (χ2n) is 5.77. The largest absolute Gasteiger partial charge is 0.349 e. The van der Waals surface area contributed by atoms with Crippen LogP contribution in [-0.4, -0.2) is 68.0 Å². The quantitative estimate of drug-likeness (QED) is 0.384. The predicted molar refractivity (Wildman–Crippen MR) is 108 cm³/mol. The van der Waals surface area contributed by atoms with E-state index in [-0.39, 0.29) is 36.4 Å². The first kappa shape index (κ1) is 20.1. The number of aliphatic imine (C=N–C) groups is 1. The molecule has 1 N–H and O–H groups in total. The fourth-order valence-corrected chi connectivity index (χ4v) is 2.85. The van der Waals surface area contributed by atoms with Crippen molar-refractivity contribution in [3.05, 3.63) is 24.5 Å². The van der Waals surface area contributed by atoms with Gasteiger partial charge < -0.3 is 19.7 Å². The summed E-state index contributed by atoms with van der Waals surface area (Å²) in [5, 5.41) is 15.4. The van der Waals surface area contributed by atoms with Gasteiger partial charge in [0.1, 0.15) is 12.9 Å². The van der Waals surface area contributed by atoms with Crippen LogP contribution in [0.3, 0.4) is 0 Å². The second-order valence-corrected chi connectivity index (χ2v) is 5.77. The molecule has 0 aliphatic carbocycles. The molecule has 3 rings (SSSR count). The van der Waals surface area contributed by atoms with Crippen molar-refractivity contribution >= 4 is 41.5 Å². The molecule has 1 amide bonds. The molecule has 3 heterocycles. The van der Waals surface area contributed by atoms with E-state index in [9.17, 15) is 4.79 Å². The van der Waals surface area contributed by atoms with Crippen LogP contribution in [0.5, 0.6) is 0 Å². The van der Waals surface area contributed by atoms with Crippen LogP contribution in [-0.2, 0) is 24.9 Å². The van der Waals surface area contributed by atoms with Crippen LogP contribution in [0.2, 0.25) is 0 Å². The van der Waals surface area contributed by atoms with Gasteiger partial charge >= 0.3 is 0 Å². The number of hydrogen-bond acceptors (Lipinski definition) is 5. The van der Waals surface area contributed by atoms with Crippen LogP contribution in [0, 0.1) is 0 Å². The van der Waals surface area contributed by atoms with Crippen molar-refractivity contribution in [2.45, 2.75) is 20.0 Å². The number of amides is 1. The first-order valence-electron chi connectivity index (χ1n) is 8.23. The van der Waals surface area contributed by atoms with Gasteiger partial charge in [-0.3, -0.25) is 14.5 Å². The number of anilines is 1. The minimum absolute atomic E-state index is 0. The van der Waals surface area contributed by atoms with E-state index in [2.05, 4.69) is 25.6 Å². The molecule has 1 aliphatic rings. The molecule has 0 atom stereocenters. The third kappa shape index (κ3) is 4.31. The second kappa shape index (κ2) is 8.96. The lowest BCUT2D eigenvalue weighted by molar-refractivity contribution is -0.120. The number of guanidine groups is 1. The molecule has 0 unspecified atom stereocenters. The van der Waals surface area contributed by atoms with Gasteiger partial charge in [0.25, 0.3) is 0 Å². The van der Waals surface area contributed by atoms with E-state index >= 15 is 0 Å². The Morgan fingerprint density at radius 1 is 1.38 bits per heavy atom. The van der Waals surface area contributed by atoms with Crippen LogP contribution in [0.25, 0.3) is 0 Å². The highest BCUT2D eigenvalue weighted by Crippen LogP contribution is 2.16. The van der Waals surface area contributed by atoms with Gasteiger partial charge in [0, 0.05) is 39.9 Å². The highest BCUT2D eigenvalue weighted by Gasteiger charge is 2.27. The Balaban J connectivity index is 0.00000243. The molecular weight excluding hydrogens is 449 g/mol. The first-order valence-corrected chi connectivity index (χ1v) is 8.23. The number of nitrogens with one attached hydrogen (secondary N) is 1. The van der Waals surface area contributed by atoms with Crippen molar-refractivity contribution in [2.24, 2.45) is 12.0 Å². The molecule has 1 aliphatic heterocycles. The van der Waals surface area contributed by atoms with Crippen LogP contribution >= 0.6 is 24.0 Å². The monoisotopic (exact) mass is 473 g/mol.